The molecule has 0 aromatic carbocycles. The Morgan fingerprint density at radius 2 is 2.29 bits per heavy atom. The van der Waals surface area contributed by atoms with Crippen LogP contribution in [-0.4, -0.2) is 22.5 Å². The highest BCUT2D eigenvalue weighted by molar-refractivity contribution is 7.99. The predicted molar refractivity (Wildman–Crippen MR) is 78.0 cm³/mol. The topological polar surface area (TPSA) is 75.9 Å². The number of pyridine rings is 2. The van der Waals surface area contributed by atoms with Gasteiger partial charge in [-0.25, -0.2) is 14.8 Å². The highest BCUT2D eigenvalue weighted by atomic mass is 32.2. The Balaban J connectivity index is 2.46. The molecule has 106 valence electrons. The Bertz CT molecular complexity index is 696. The fourth-order valence-corrected chi connectivity index (χ4v) is 2.61. The van der Waals surface area contributed by atoms with Gasteiger partial charge in [0.05, 0.1) is 17.7 Å². The summed E-state index contributed by atoms with van der Waals surface area (Å²) in [6.45, 7) is 3.75. The Labute approximate surface area is 127 Å². The summed E-state index contributed by atoms with van der Waals surface area (Å²) in [7, 11) is 0. The standard InChI is InChI=1S/C15H13N3O2S/c1-3-20-15(19)11-8-10(2)18-14(12(11)9-16)21-13-6-4-5-7-17-13/h4-8H,3H2,1-2H3. The summed E-state index contributed by atoms with van der Waals surface area (Å²) in [5, 5.41) is 10.5. The molecular formula is C15H13N3O2S. The lowest BCUT2D eigenvalue weighted by molar-refractivity contribution is 0.0525. The minimum Gasteiger partial charge on any atom is -0.462 e. The van der Waals surface area contributed by atoms with Gasteiger partial charge in [0.15, 0.2) is 0 Å². The van der Waals surface area contributed by atoms with Crippen LogP contribution in [0.5, 0.6) is 0 Å². The molecule has 0 aliphatic rings. The summed E-state index contributed by atoms with van der Waals surface area (Å²) in [5.74, 6) is -0.512. The first kappa shape index (κ1) is 15.0. The zero-order valence-electron chi connectivity index (χ0n) is 11.7. The predicted octanol–water partition coefficient (Wildman–Crippen LogP) is 2.98. The zero-order chi connectivity index (χ0) is 15.2. The van der Waals surface area contributed by atoms with Crippen LogP contribution in [-0.2, 0) is 4.74 Å². The largest absolute Gasteiger partial charge is 0.462 e. The van der Waals surface area contributed by atoms with E-state index in [0.717, 1.165) is 0 Å². The van der Waals surface area contributed by atoms with Crippen LogP contribution >= 0.6 is 11.8 Å². The number of aryl methyl sites for hydroxylation is 1. The minimum atomic E-state index is -0.512. The first-order valence-corrected chi connectivity index (χ1v) is 7.15. The molecule has 2 aromatic heterocycles. The summed E-state index contributed by atoms with van der Waals surface area (Å²) >= 11 is 1.25. The number of esters is 1. The van der Waals surface area contributed by atoms with Gasteiger partial charge in [-0.1, -0.05) is 6.07 Å². The molecule has 2 aromatic rings. The van der Waals surface area contributed by atoms with Crippen molar-refractivity contribution in [3.8, 4) is 6.07 Å². The number of ether oxygens (including phenoxy) is 1. The van der Waals surface area contributed by atoms with Crippen molar-refractivity contribution >= 4 is 17.7 Å². The van der Waals surface area contributed by atoms with Gasteiger partial charge in [0.1, 0.15) is 16.1 Å². The first-order valence-electron chi connectivity index (χ1n) is 6.33. The maximum absolute atomic E-state index is 12.0. The van der Waals surface area contributed by atoms with E-state index in [-0.39, 0.29) is 17.7 Å². The lowest BCUT2D eigenvalue weighted by Crippen LogP contribution is -2.09. The van der Waals surface area contributed by atoms with Crippen molar-refractivity contribution in [2.45, 2.75) is 23.9 Å². The number of hydrogen-bond donors (Lipinski definition) is 0. The highest BCUT2D eigenvalue weighted by Crippen LogP contribution is 2.29. The summed E-state index contributed by atoms with van der Waals surface area (Å²) in [6, 6.07) is 9.09. The van der Waals surface area contributed by atoms with Crippen molar-refractivity contribution in [3.63, 3.8) is 0 Å². The second-order valence-corrected chi connectivity index (χ2v) is 5.10. The molecule has 0 bridgehead atoms. The van der Waals surface area contributed by atoms with E-state index < -0.39 is 5.97 Å². The van der Waals surface area contributed by atoms with E-state index >= 15 is 0 Å². The van der Waals surface area contributed by atoms with Gasteiger partial charge in [-0.05, 0) is 43.8 Å². The molecule has 0 fully saturated rings. The third-order valence-corrected chi connectivity index (χ3v) is 3.50. The average Bonchev–Trinajstić information content (AvgIpc) is 2.48. The summed E-state index contributed by atoms with van der Waals surface area (Å²) < 4.78 is 4.99. The summed E-state index contributed by atoms with van der Waals surface area (Å²) in [4.78, 5) is 20.5. The van der Waals surface area contributed by atoms with E-state index in [9.17, 15) is 10.1 Å². The van der Waals surface area contributed by atoms with Crippen LogP contribution in [0.15, 0.2) is 40.5 Å². The highest BCUT2D eigenvalue weighted by Gasteiger charge is 2.19. The molecule has 5 nitrogen and oxygen atoms in total. The molecule has 0 amide bonds. The van der Waals surface area contributed by atoms with Gasteiger partial charge >= 0.3 is 5.97 Å². The SMILES string of the molecule is CCOC(=O)c1cc(C)nc(Sc2ccccn2)c1C#N. The Kier molecular flexibility index (Phi) is 4.90. The molecule has 6 heteroatoms. The molecule has 0 radical (unpaired) electrons. The fraction of sp³-hybridized carbons (Fsp3) is 0.200. The second-order valence-electron chi connectivity index (χ2n) is 4.09. The van der Waals surface area contributed by atoms with Gasteiger partial charge in [0.2, 0.25) is 0 Å². The van der Waals surface area contributed by atoms with Crippen LogP contribution in [0.2, 0.25) is 0 Å². The van der Waals surface area contributed by atoms with E-state index in [1.165, 1.54) is 11.8 Å². The van der Waals surface area contributed by atoms with E-state index in [4.69, 9.17) is 4.74 Å². The number of nitrogens with zero attached hydrogens (tertiary/aromatic N) is 3. The van der Waals surface area contributed by atoms with Crippen LogP contribution in [0.25, 0.3) is 0 Å². The Hall–Kier alpha value is -2.39. The molecule has 2 heterocycles. The van der Waals surface area contributed by atoms with Gasteiger partial charge < -0.3 is 4.74 Å². The minimum absolute atomic E-state index is 0.217. The maximum Gasteiger partial charge on any atom is 0.339 e. The summed E-state index contributed by atoms with van der Waals surface area (Å²) in [6.07, 6.45) is 1.66. The van der Waals surface area contributed by atoms with Crippen LogP contribution < -0.4 is 0 Å². The number of carbonyl (C=O) groups is 1. The van der Waals surface area contributed by atoms with Crippen molar-refractivity contribution in [2.75, 3.05) is 6.61 Å². The van der Waals surface area contributed by atoms with Crippen LogP contribution in [0.3, 0.4) is 0 Å². The average molecular weight is 299 g/mol. The number of rotatable bonds is 4. The zero-order valence-corrected chi connectivity index (χ0v) is 12.5. The van der Waals surface area contributed by atoms with Gasteiger partial charge in [-0.2, -0.15) is 5.26 Å². The Morgan fingerprint density at radius 3 is 2.90 bits per heavy atom. The number of nitriles is 1. The molecular weight excluding hydrogens is 286 g/mol. The molecule has 21 heavy (non-hydrogen) atoms. The maximum atomic E-state index is 12.0. The van der Waals surface area contributed by atoms with Gasteiger partial charge in [-0.15, -0.1) is 0 Å². The second kappa shape index (κ2) is 6.86. The van der Waals surface area contributed by atoms with E-state index in [2.05, 4.69) is 9.97 Å². The molecule has 0 spiro atoms. The number of hydrogen-bond acceptors (Lipinski definition) is 6. The van der Waals surface area contributed by atoms with Crippen LogP contribution in [0.4, 0.5) is 0 Å². The number of carbonyl (C=O) groups excluding carboxylic acids is 1. The van der Waals surface area contributed by atoms with Crippen molar-refractivity contribution in [3.05, 3.63) is 47.3 Å². The molecule has 0 aliphatic heterocycles. The quantitative estimate of drug-likeness (QED) is 0.808. The van der Waals surface area contributed by atoms with E-state index in [1.54, 1.807) is 26.1 Å². The number of aromatic nitrogens is 2. The lowest BCUT2D eigenvalue weighted by atomic mass is 10.1. The molecule has 0 N–H and O–H groups in total. The summed E-state index contributed by atoms with van der Waals surface area (Å²) in [5.41, 5.74) is 1.11. The van der Waals surface area contributed by atoms with Crippen LogP contribution in [0.1, 0.15) is 28.5 Å². The van der Waals surface area contributed by atoms with E-state index in [0.29, 0.717) is 15.7 Å². The molecule has 0 saturated carbocycles. The molecule has 0 saturated heterocycles. The fourth-order valence-electron chi connectivity index (χ4n) is 1.70. The molecule has 0 atom stereocenters. The van der Waals surface area contributed by atoms with Crippen molar-refractivity contribution in [1.82, 2.24) is 9.97 Å². The van der Waals surface area contributed by atoms with Crippen molar-refractivity contribution in [2.24, 2.45) is 0 Å². The molecule has 2 rings (SSSR count). The lowest BCUT2D eigenvalue weighted by Gasteiger charge is -2.09. The van der Waals surface area contributed by atoms with Gasteiger partial charge in [0, 0.05) is 11.9 Å². The molecule has 0 unspecified atom stereocenters. The third-order valence-electron chi connectivity index (χ3n) is 2.56. The normalized spacial score (nSPS) is 9.95. The smallest absolute Gasteiger partial charge is 0.339 e. The van der Waals surface area contributed by atoms with Gasteiger partial charge in [0.25, 0.3) is 0 Å². The van der Waals surface area contributed by atoms with E-state index in [1.807, 2.05) is 24.3 Å². The third kappa shape index (κ3) is 3.58. The van der Waals surface area contributed by atoms with Crippen molar-refractivity contribution < 1.29 is 9.53 Å². The monoisotopic (exact) mass is 299 g/mol. The van der Waals surface area contributed by atoms with Gasteiger partial charge in [-0.3, -0.25) is 0 Å². The van der Waals surface area contributed by atoms with Crippen molar-refractivity contribution in [1.29, 1.82) is 5.26 Å². The van der Waals surface area contributed by atoms with Crippen LogP contribution in [0, 0.1) is 18.3 Å². The Morgan fingerprint density at radius 1 is 1.48 bits per heavy atom. The molecule has 0 aliphatic carbocycles. The first-order chi connectivity index (χ1) is 10.2.